The third kappa shape index (κ3) is 3.90. The first kappa shape index (κ1) is 19.7. The monoisotopic (exact) mass is 418 g/mol. The van der Waals surface area contributed by atoms with Crippen molar-refractivity contribution in [3.05, 3.63) is 93.8 Å². The van der Waals surface area contributed by atoms with Crippen LogP contribution in [0.2, 0.25) is 0 Å². The van der Waals surface area contributed by atoms with Gasteiger partial charge in [0.15, 0.2) is 5.13 Å². The van der Waals surface area contributed by atoms with E-state index in [2.05, 4.69) is 11.9 Å². The van der Waals surface area contributed by atoms with Gasteiger partial charge in [-0.2, -0.15) is 0 Å². The average molecular weight is 418 g/mol. The zero-order valence-corrected chi connectivity index (χ0v) is 17.0. The Morgan fingerprint density at radius 1 is 1.13 bits per heavy atom. The van der Waals surface area contributed by atoms with Crippen molar-refractivity contribution in [3.8, 4) is 0 Å². The lowest BCUT2D eigenvalue weighted by atomic mass is 10.1. The van der Waals surface area contributed by atoms with Gasteiger partial charge in [0, 0.05) is 23.9 Å². The van der Waals surface area contributed by atoms with Crippen LogP contribution < -0.4 is 4.90 Å². The number of hydrogen-bond acceptors (Lipinski definition) is 6. The second-order valence-electron chi connectivity index (χ2n) is 6.63. The molecule has 30 heavy (non-hydrogen) atoms. The number of benzene rings is 2. The summed E-state index contributed by atoms with van der Waals surface area (Å²) in [6, 6.07) is 17.2. The molecule has 0 fully saturated rings. The molecule has 0 spiro atoms. The van der Waals surface area contributed by atoms with Gasteiger partial charge in [-0.1, -0.05) is 42.5 Å². The fraction of sp³-hybridized carbons (Fsp3) is 0.136. The largest absolute Gasteiger partial charge is 0.278 e. The van der Waals surface area contributed by atoms with E-state index in [4.69, 9.17) is 4.98 Å². The van der Waals surface area contributed by atoms with E-state index in [0.29, 0.717) is 10.8 Å². The Hall–Kier alpha value is -3.65. The van der Waals surface area contributed by atoms with E-state index in [1.807, 2.05) is 30.3 Å². The number of carbonyl (C=O) groups excluding carboxylic acids is 1. The summed E-state index contributed by atoms with van der Waals surface area (Å²) < 4.78 is 0.988. The molecule has 0 radical (unpaired) electrons. The molecule has 0 aliphatic rings. The SMILES string of the molecule is CCc1cccc2sc(N(Cc3ccccn3)C(=O)c3cccc([N+](=O)[O-])c3)nc12. The van der Waals surface area contributed by atoms with Crippen molar-refractivity contribution in [2.24, 2.45) is 0 Å². The molecule has 0 aliphatic carbocycles. The standard InChI is InChI=1S/C22H18N4O3S/c1-2-15-7-6-11-19-20(15)24-22(30-19)25(14-17-9-3-4-12-23-17)21(27)16-8-5-10-18(13-16)26(28)29/h3-13H,2,14H2,1H3. The molecule has 0 atom stereocenters. The first-order chi connectivity index (χ1) is 14.6. The summed E-state index contributed by atoms with van der Waals surface area (Å²) in [6.45, 7) is 2.28. The van der Waals surface area contributed by atoms with Crippen LogP contribution in [-0.2, 0) is 13.0 Å². The number of rotatable bonds is 6. The minimum Gasteiger partial charge on any atom is -0.278 e. The minimum atomic E-state index is -0.509. The molecule has 4 rings (SSSR count). The van der Waals surface area contributed by atoms with Crippen LogP contribution in [0.1, 0.15) is 28.5 Å². The van der Waals surface area contributed by atoms with Gasteiger partial charge in [-0.25, -0.2) is 4.98 Å². The number of anilines is 1. The normalized spacial score (nSPS) is 10.8. The van der Waals surface area contributed by atoms with Crippen LogP contribution in [0.5, 0.6) is 0 Å². The quantitative estimate of drug-likeness (QED) is 0.324. The Morgan fingerprint density at radius 3 is 2.70 bits per heavy atom. The third-order valence-electron chi connectivity index (χ3n) is 4.70. The number of aromatic nitrogens is 2. The second-order valence-corrected chi connectivity index (χ2v) is 7.64. The molecule has 150 valence electrons. The van der Waals surface area contributed by atoms with E-state index in [-0.39, 0.29) is 23.7 Å². The van der Waals surface area contributed by atoms with Gasteiger partial charge >= 0.3 is 0 Å². The van der Waals surface area contributed by atoms with Crippen LogP contribution in [0.15, 0.2) is 66.9 Å². The highest BCUT2D eigenvalue weighted by Crippen LogP contribution is 2.33. The number of nitro groups is 1. The first-order valence-electron chi connectivity index (χ1n) is 9.41. The number of carbonyl (C=O) groups is 1. The Kier molecular flexibility index (Phi) is 5.49. The molecule has 2 aromatic carbocycles. The van der Waals surface area contributed by atoms with E-state index in [0.717, 1.165) is 22.2 Å². The number of amides is 1. The summed E-state index contributed by atoms with van der Waals surface area (Å²) in [4.78, 5) is 34.7. The van der Waals surface area contributed by atoms with Crippen LogP contribution in [0.4, 0.5) is 10.8 Å². The maximum absolute atomic E-state index is 13.4. The molecule has 0 bridgehead atoms. The van der Waals surface area contributed by atoms with E-state index in [1.54, 1.807) is 18.3 Å². The van der Waals surface area contributed by atoms with Crippen LogP contribution in [0.3, 0.4) is 0 Å². The van der Waals surface area contributed by atoms with Crippen molar-refractivity contribution in [2.45, 2.75) is 19.9 Å². The lowest BCUT2D eigenvalue weighted by molar-refractivity contribution is -0.384. The summed E-state index contributed by atoms with van der Waals surface area (Å²) in [5.74, 6) is -0.360. The Labute approximate surface area is 176 Å². The summed E-state index contributed by atoms with van der Waals surface area (Å²) in [5.41, 5.74) is 2.78. The van der Waals surface area contributed by atoms with Gasteiger partial charge in [0.05, 0.1) is 27.4 Å². The summed E-state index contributed by atoms with van der Waals surface area (Å²) in [7, 11) is 0. The molecule has 8 heteroatoms. The molecule has 2 heterocycles. The van der Waals surface area contributed by atoms with E-state index in [1.165, 1.54) is 34.4 Å². The van der Waals surface area contributed by atoms with E-state index in [9.17, 15) is 14.9 Å². The fourth-order valence-corrected chi connectivity index (χ4v) is 4.19. The van der Waals surface area contributed by atoms with Gasteiger partial charge in [-0.15, -0.1) is 0 Å². The minimum absolute atomic E-state index is 0.129. The first-order valence-corrected chi connectivity index (χ1v) is 10.2. The number of para-hydroxylation sites is 1. The van der Waals surface area contributed by atoms with Crippen molar-refractivity contribution in [1.82, 2.24) is 9.97 Å². The number of thiazole rings is 1. The molecular weight excluding hydrogens is 400 g/mol. The molecular formula is C22H18N4O3S. The number of fused-ring (bicyclic) bond motifs is 1. The maximum Gasteiger partial charge on any atom is 0.270 e. The number of nitrogens with zero attached hydrogens (tertiary/aromatic N) is 4. The average Bonchev–Trinajstić information content (AvgIpc) is 3.22. The molecule has 0 aliphatic heterocycles. The van der Waals surface area contributed by atoms with Crippen LogP contribution in [0.25, 0.3) is 10.2 Å². The van der Waals surface area contributed by atoms with Crippen molar-refractivity contribution in [1.29, 1.82) is 0 Å². The second kappa shape index (κ2) is 8.38. The highest BCUT2D eigenvalue weighted by Gasteiger charge is 2.24. The molecule has 0 saturated heterocycles. The summed E-state index contributed by atoms with van der Waals surface area (Å²) in [5, 5.41) is 11.7. The van der Waals surface area contributed by atoms with E-state index >= 15 is 0 Å². The number of non-ortho nitro benzene ring substituents is 1. The molecule has 4 aromatic rings. The topological polar surface area (TPSA) is 89.2 Å². The zero-order chi connectivity index (χ0) is 21.1. The van der Waals surface area contributed by atoms with Gasteiger partial charge in [-0.3, -0.25) is 24.8 Å². The molecule has 0 saturated carbocycles. The predicted molar refractivity (Wildman–Crippen MR) is 117 cm³/mol. The highest BCUT2D eigenvalue weighted by molar-refractivity contribution is 7.22. The Morgan fingerprint density at radius 2 is 1.97 bits per heavy atom. The fourth-order valence-electron chi connectivity index (χ4n) is 3.18. The van der Waals surface area contributed by atoms with Crippen molar-refractivity contribution >= 4 is 38.3 Å². The van der Waals surface area contributed by atoms with Crippen molar-refractivity contribution < 1.29 is 9.72 Å². The summed E-state index contributed by atoms with van der Waals surface area (Å²) >= 11 is 1.42. The molecule has 0 N–H and O–H groups in total. The van der Waals surface area contributed by atoms with Gasteiger partial charge in [0.25, 0.3) is 11.6 Å². The van der Waals surface area contributed by atoms with Crippen LogP contribution >= 0.6 is 11.3 Å². The van der Waals surface area contributed by atoms with Gasteiger partial charge < -0.3 is 0 Å². The van der Waals surface area contributed by atoms with Gasteiger partial charge in [0.1, 0.15) is 0 Å². The van der Waals surface area contributed by atoms with Crippen molar-refractivity contribution in [3.63, 3.8) is 0 Å². The highest BCUT2D eigenvalue weighted by atomic mass is 32.1. The number of aryl methyl sites for hydroxylation is 1. The number of nitro benzene ring substituents is 1. The summed E-state index contributed by atoms with van der Waals surface area (Å²) in [6.07, 6.45) is 2.50. The Bertz CT molecular complexity index is 1220. The maximum atomic E-state index is 13.4. The van der Waals surface area contributed by atoms with Crippen LogP contribution in [0, 0.1) is 10.1 Å². The number of pyridine rings is 1. The molecule has 2 aromatic heterocycles. The number of hydrogen-bond donors (Lipinski definition) is 0. The molecule has 7 nitrogen and oxygen atoms in total. The van der Waals surface area contributed by atoms with Gasteiger partial charge in [-0.05, 0) is 36.2 Å². The molecule has 1 amide bonds. The van der Waals surface area contributed by atoms with Gasteiger partial charge in [0.2, 0.25) is 0 Å². The lowest BCUT2D eigenvalue weighted by Crippen LogP contribution is -2.30. The smallest absolute Gasteiger partial charge is 0.270 e. The third-order valence-corrected chi connectivity index (χ3v) is 5.74. The molecule has 0 unspecified atom stereocenters. The van der Waals surface area contributed by atoms with Crippen LogP contribution in [-0.4, -0.2) is 20.8 Å². The lowest BCUT2D eigenvalue weighted by Gasteiger charge is -2.19. The zero-order valence-electron chi connectivity index (χ0n) is 16.2. The predicted octanol–water partition coefficient (Wildman–Crippen LogP) is 5.01. The van der Waals surface area contributed by atoms with Crippen molar-refractivity contribution in [2.75, 3.05) is 4.90 Å². The Balaban J connectivity index is 1.79. The van der Waals surface area contributed by atoms with E-state index < -0.39 is 4.92 Å².